The summed E-state index contributed by atoms with van der Waals surface area (Å²) in [6.45, 7) is 3.52. The van der Waals surface area contributed by atoms with Crippen LogP contribution in [-0.2, 0) is 20.7 Å². The number of aliphatic carboxylic acids is 1. The highest BCUT2D eigenvalue weighted by atomic mass is 16.5. The number of carbonyl (C=O) groups is 2. The Bertz CT molecular complexity index is 433. The summed E-state index contributed by atoms with van der Waals surface area (Å²) in [6.07, 6.45) is 1.22. The summed E-state index contributed by atoms with van der Waals surface area (Å²) in [4.78, 5) is 22.7. The molecule has 0 fully saturated rings. The number of carboxylic acids is 1. The molecular formula is C15H21NO4. The highest BCUT2D eigenvalue weighted by Crippen LogP contribution is 2.04. The third-order valence-corrected chi connectivity index (χ3v) is 3.07. The van der Waals surface area contributed by atoms with Crippen molar-refractivity contribution in [3.8, 4) is 0 Å². The van der Waals surface area contributed by atoms with Gasteiger partial charge in [-0.25, -0.2) is 4.79 Å². The van der Waals surface area contributed by atoms with E-state index in [1.165, 1.54) is 12.2 Å². The summed E-state index contributed by atoms with van der Waals surface area (Å²) in [5, 5.41) is 12.3. The van der Waals surface area contributed by atoms with E-state index in [1.54, 1.807) is 6.92 Å². The van der Waals surface area contributed by atoms with E-state index in [0.29, 0.717) is 12.8 Å². The molecule has 20 heavy (non-hydrogen) atoms. The van der Waals surface area contributed by atoms with E-state index in [1.807, 2.05) is 30.3 Å². The van der Waals surface area contributed by atoms with E-state index in [4.69, 9.17) is 4.74 Å². The first-order valence-electron chi connectivity index (χ1n) is 6.81. The number of nitrogens with two attached hydrogens (primary N) is 1. The van der Waals surface area contributed by atoms with Crippen molar-refractivity contribution in [2.75, 3.05) is 6.61 Å². The Morgan fingerprint density at radius 3 is 2.50 bits per heavy atom. The van der Waals surface area contributed by atoms with Crippen LogP contribution < -0.4 is 10.4 Å². The number of esters is 1. The number of benzene rings is 1. The van der Waals surface area contributed by atoms with E-state index in [0.717, 1.165) is 5.56 Å². The second-order valence-corrected chi connectivity index (χ2v) is 4.68. The third-order valence-electron chi connectivity index (χ3n) is 3.07. The smallest absolute Gasteiger partial charge is 0.364 e. The molecule has 0 spiro atoms. The lowest BCUT2D eigenvalue weighted by molar-refractivity contribution is -0.702. The first-order valence-corrected chi connectivity index (χ1v) is 6.81. The van der Waals surface area contributed by atoms with Crippen molar-refractivity contribution in [3.63, 3.8) is 0 Å². The van der Waals surface area contributed by atoms with Crippen molar-refractivity contribution in [3.05, 3.63) is 35.9 Å². The molecule has 0 heterocycles. The Morgan fingerprint density at radius 2 is 1.95 bits per heavy atom. The lowest BCUT2D eigenvalue weighted by Crippen LogP contribution is -2.98. The summed E-state index contributed by atoms with van der Waals surface area (Å²) in [5.74, 6) is -1.56. The molecule has 0 unspecified atom stereocenters. The van der Waals surface area contributed by atoms with Gasteiger partial charge in [-0.3, -0.25) is 0 Å². The molecule has 2 atom stereocenters. The van der Waals surface area contributed by atoms with Gasteiger partial charge >= 0.3 is 5.97 Å². The van der Waals surface area contributed by atoms with Crippen LogP contribution in [0.2, 0.25) is 0 Å². The predicted molar refractivity (Wildman–Crippen MR) is 71.6 cm³/mol. The highest BCUT2D eigenvalue weighted by molar-refractivity contribution is 5.75. The Morgan fingerprint density at radius 1 is 1.30 bits per heavy atom. The number of hydrogen-bond acceptors (Lipinski definition) is 4. The van der Waals surface area contributed by atoms with Crippen LogP contribution in [0.3, 0.4) is 0 Å². The Kier molecular flexibility index (Phi) is 6.73. The van der Waals surface area contributed by atoms with Crippen LogP contribution in [0.1, 0.15) is 25.8 Å². The fourth-order valence-corrected chi connectivity index (χ4v) is 1.94. The Labute approximate surface area is 118 Å². The fourth-order valence-electron chi connectivity index (χ4n) is 1.94. The lowest BCUT2D eigenvalue weighted by atomic mass is 10.0. The number of hydrogen-bond donors (Lipinski definition) is 1. The van der Waals surface area contributed by atoms with Crippen LogP contribution in [0.25, 0.3) is 0 Å². The molecule has 2 N–H and O–H groups in total. The van der Waals surface area contributed by atoms with Crippen LogP contribution >= 0.6 is 0 Å². The molecular weight excluding hydrogens is 258 g/mol. The summed E-state index contributed by atoms with van der Waals surface area (Å²) in [7, 11) is 0. The van der Waals surface area contributed by atoms with Crippen molar-refractivity contribution in [2.45, 2.75) is 38.8 Å². The summed E-state index contributed by atoms with van der Waals surface area (Å²) in [6, 6.07) is 8.44. The topological polar surface area (TPSA) is 83.0 Å². The molecule has 0 saturated heterocycles. The molecule has 0 saturated carbocycles. The second kappa shape index (κ2) is 8.32. The van der Waals surface area contributed by atoms with E-state index in [9.17, 15) is 14.7 Å². The molecule has 110 valence electrons. The summed E-state index contributed by atoms with van der Waals surface area (Å²) in [5.41, 5.74) is 1.11. The van der Waals surface area contributed by atoms with Gasteiger partial charge in [0.15, 0.2) is 6.04 Å². The standard InChI is InChI=1S/C15H21NO4/c1-3-20-15(19)13(16-11(2)14(17)18)10-9-12-7-5-4-6-8-12/h4-8,11,13,16H,3,9-10H2,1-2H3,(H,17,18)/t11-,13-/m1/s1. The van der Waals surface area contributed by atoms with Crippen LogP contribution in [0.4, 0.5) is 0 Å². The van der Waals surface area contributed by atoms with Gasteiger partial charge in [0.2, 0.25) is 0 Å². The van der Waals surface area contributed by atoms with Gasteiger partial charge in [0.05, 0.1) is 12.6 Å². The van der Waals surface area contributed by atoms with Gasteiger partial charge < -0.3 is 20.0 Å². The Hall–Kier alpha value is -1.88. The number of aryl methyl sites for hydroxylation is 1. The van der Waals surface area contributed by atoms with Gasteiger partial charge in [-0.15, -0.1) is 0 Å². The average molecular weight is 279 g/mol. The van der Waals surface area contributed by atoms with E-state index >= 15 is 0 Å². The van der Waals surface area contributed by atoms with Gasteiger partial charge in [0.25, 0.3) is 0 Å². The van der Waals surface area contributed by atoms with Crippen molar-refractivity contribution in [1.29, 1.82) is 0 Å². The van der Waals surface area contributed by atoms with Crippen molar-refractivity contribution in [1.82, 2.24) is 0 Å². The fraction of sp³-hybridized carbons (Fsp3) is 0.467. The molecule has 0 aliphatic heterocycles. The quantitative estimate of drug-likeness (QED) is 0.635. The number of rotatable bonds is 8. The molecule has 1 aromatic carbocycles. The zero-order valence-corrected chi connectivity index (χ0v) is 11.9. The molecule has 0 aromatic heterocycles. The minimum absolute atomic E-state index is 0.286. The maximum absolute atomic E-state index is 11.9. The lowest BCUT2D eigenvalue weighted by Gasteiger charge is -2.19. The largest absolute Gasteiger partial charge is 0.544 e. The minimum Gasteiger partial charge on any atom is -0.544 e. The predicted octanol–water partition coefficient (Wildman–Crippen LogP) is -0.747. The zero-order valence-electron chi connectivity index (χ0n) is 11.9. The van der Waals surface area contributed by atoms with E-state index < -0.39 is 18.1 Å². The summed E-state index contributed by atoms with van der Waals surface area (Å²) >= 11 is 0. The number of carboxylic acid groups (broad SMARTS) is 1. The first-order chi connectivity index (χ1) is 9.54. The minimum atomic E-state index is -1.18. The highest BCUT2D eigenvalue weighted by Gasteiger charge is 2.25. The van der Waals surface area contributed by atoms with Gasteiger partial charge in [0, 0.05) is 6.42 Å². The third kappa shape index (κ3) is 5.40. The number of ether oxygens (including phenoxy) is 1. The monoisotopic (exact) mass is 279 g/mol. The second-order valence-electron chi connectivity index (χ2n) is 4.68. The van der Waals surface area contributed by atoms with E-state index in [2.05, 4.69) is 0 Å². The van der Waals surface area contributed by atoms with Crippen LogP contribution in [0.15, 0.2) is 30.3 Å². The molecule has 0 aliphatic carbocycles. The molecule has 1 rings (SSSR count). The maximum atomic E-state index is 11.9. The van der Waals surface area contributed by atoms with Crippen LogP contribution in [0.5, 0.6) is 0 Å². The van der Waals surface area contributed by atoms with Gasteiger partial charge in [-0.1, -0.05) is 30.3 Å². The van der Waals surface area contributed by atoms with Crippen molar-refractivity contribution >= 4 is 11.9 Å². The maximum Gasteiger partial charge on any atom is 0.364 e. The molecule has 5 heteroatoms. The Balaban J connectivity index is 2.62. The average Bonchev–Trinajstić information content (AvgIpc) is 2.44. The molecule has 5 nitrogen and oxygen atoms in total. The summed E-state index contributed by atoms with van der Waals surface area (Å²) < 4.78 is 4.99. The molecule has 1 aromatic rings. The number of quaternary nitrogens is 1. The van der Waals surface area contributed by atoms with Crippen molar-refractivity contribution < 1.29 is 24.7 Å². The van der Waals surface area contributed by atoms with Gasteiger partial charge in [-0.2, -0.15) is 0 Å². The molecule has 0 aliphatic rings. The van der Waals surface area contributed by atoms with Gasteiger partial charge in [-0.05, 0) is 25.8 Å². The number of carbonyl (C=O) groups excluding carboxylic acids is 2. The SMILES string of the molecule is CCOC(=O)[C@@H](CCc1ccccc1)[NH2+][C@H](C)C(=O)[O-]. The molecule has 0 radical (unpaired) electrons. The molecule has 0 amide bonds. The first kappa shape index (κ1) is 16.2. The van der Waals surface area contributed by atoms with Crippen LogP contribution in [-0.4, -0.2) is 30.6 Å². The van der Waals surface area contributed by atoms with Gasteiger partial charge in [0.1, 0.15) is 6.04 Å². The molecule has 0 bridgehead atoms. The normalized spacial score (nSPS) is 13.5. The van der Waals surface area contributed by atoms with Crippen molar-refractivity contribution in [2.24, 2.45) is 0 Å². The van der Waals surface area contributed by atoms with Crippen LogP contribution in [0, 0.1) is 0 Å². The zero-order chi connectivity index (χ0) is 15.0. The van der Waals surface area contributed by atoms with E-state index in [-0.39, 0.29) is 12.6 Å².